The van der Waals surface area contributed by atoms with E-state index in [9.17, 15) is 30.3 Å². The topological polar surface area (TPSA) is 149 Å². The Kier molecular flexibility index (Phi) is 22.7. The number of amides is 1. The Hall–Kier alpha value is -1.59. The molecule has 0 aromatic carbocycles. The van der Waals surface area contributed by atoms with Gasteiger partial charge in [-0.15, -0.1) is 0 Å². The van der Waals surface area contributed by atoms with Crippen LogP contribution in [-0.2, 0) is 14.3 Å². The maximum atomic E-state index is 12.7. The zero-order valence-corrected chi connectivity index (χ0v) is 26.0. The van der Waals surface area contributed by atoms with Crippen LogP contribution in [0.15, 0.2) is 36.5 Å². The van der Waals surface area contributed by atoms with Gasteiger partial charge in [0, 0.05) is 6.42 Å². The second-order valence-corrected chi connectivity index (χ2v) is 11.2. The van der Waals surface area contributed by atoms with E-state index in [0.29, 0.717) is 6.42 Å². The molecule has 1 rings (SSSR count). The van der Waals surface area contributed by atoms with Crippen LogP contribution in [0.3, 0.4) is 0 Å². The maximum Gasteiger partial charge on any atom is 0.220 e. The SMILES string of the molecule is CC/C=C/CC/C=C/CC/C=C/C(O)C(COC1OC(CO)C(O)C(O)C1O)NC(=O)CCCCCCCCCCC. The number of ether oxygens (including phenoxy) is 2. The van der Waals surface area contributed by atoms with E-state index in [-0.39, 0.29) is 12.5 Å². The highest BCUT2D eigenvalue weighted by atomic mass is 16.7. The van der Waals surface area contributed by atoms with E-state index in [1.165, 1.54) is 38.5 Å². The molecule has 0 aromatic rings. The van der Waals surface area contributed by atoms with Crippen molar-refractivity contribution in [3.05, 3.63) is 36.5 Å². The first-order chi connectivity index (χ1) is 20.3. The summed E-state index contributed by atoms with van der Waals surface area (Å²) in [5.41, 5.74) is 0. The van der Waals surface area contributed by atoms with Crippen LogP contribution in [0, 0.1) is 0 Å². The van der Waals surface area contributed by atoms with Gasteiger partial charge >= 0.3 is 0 Å². The minimum atomic E-state index is -1.57. The molecule has 7 unspecified atom stereocenters. The van der Waals surface area contributed by atoms with Crippen LogP contribution in [0.2, 0.25) is 0 Å². The van der Waals surface area contributed by atoms with Crippen molar-refractivity contribution in [2.24, 2.45) is 0 Å². The van der Waals surface area contributed by atoms with Gasteiger partial charge < -0.3 is 40.3 Å². The Morgan fingerprint density at radius 3 is 1.98 bits per heavy atom. The molecule has 244 valence electrons. The Labute approximate surface area is 253 Å². The molecule has 1 aliphatic rings. The van der Waals surface area contributed by atoms with Gasteiger partial charge in [0.15, 0.2) is 6.29 Å². The number of rotatable bonds is 24. The van der Waals surface area contributed by atoms with Gasteiger partial charge in [-0.2, -0.15) is 0 Å². The van der Waals surface area contributed by atoms with Crippen molar-refractivity contribution in [2.45, 2.75) is 153 Å². The lowest BCUT2D eigenvalue weighted by atomic mass is 9.99. The predicted octanol–water partition coefficient (Wildman–Crippen LogP) is 4.21. The third-order valence-electron chi connectivity index (χ3n) is 7.46. The molecule has 0 aromatic heterocycles. The fourth-order valence-electron chi connectivity index (χ4n) is 4.78. The Balaban J connectivity index is 2.60. The highest BCUT2D eigenvalue weighted by molar-refractivity contribution is 5.76. The molecular formula is C33H59NO8. The molecule has 0 spiro atoms. The summed E-state index contributed by atoms with van der Waals surface area (Å²) in [4.78, 5) is 12.7. The van der Waals surface area contributed by atoms with E-state index < -0.39 is 49.5 Å². The third-order valence-corrected chi connectivity index (χ3v) is 7.46. The first-order valence-corrected chi connectivity index (χ1v) is 16.2. The van der Waals surface area contributed by atoms with Crippen LogP contribution in [0.5, 0.6) is 0 Å². The van der Waals surface area contributed by atoms with Crippen molar-refractivity contribution >= 4 is 5.91 Å². The smallest absolute Gasteiger partial charge is 0.220 e. The molecule has 6 N–H and O–H groups in total. The summed E-state index contributed by atoms with van der Waals surface area (Å²) in [6.45, 7) is 3.55. The average Bonchev–Trinajstić information content (AvgIpc) is 2.98. The molecule has 9 nitrogen and oxygen atoms in total. The largest absolute Gasteiger partial charge is 0.394 e. The molecule has 9 heteroatoms. The molecular weight excluding hydrogens is 538 g/mol. The van der Waals surface area contributed by atoms with Gasteiger partial charge in [0.05, 0.1) is 25.4 Å². The lowest BCUT2D eigenvalue weighted by molar-refractivity contribution is -0.302. The predicted molar refractivity (Wildman–Crippen MR) is 166 cm³/mol. The second-order valence-electron chi connectivity index (χ2n) is 11.2. The maximum absolute atomic E-state index is 12.7. The molecule has 1 fully saturated rings. The summed E-state index contributed by atoms with van der Waals surface area (Å²) in [6.07, 6.45) is 19.2. The molecule has 0 saturated carbocycles. The molecule has 0 aliphatic carbocycles. The van der Waals surface area contributed by atoms with E-state index in [1.807, 2.05) is 6.08 Å². The van der Waals surface area contributed by atoms with E-state index in [4.69, 9.17) is 9.47 Å². The van der Waals surface area contributed by atoms with Crippen molar-refractivity contribution < 1.29 is 39.8 Å². The minimum absolute atomic E-state index is 0.201. The monoisotopic (exact) mass is 597 g/mol. The van der Waals surface area contributed by atoms with Crippen molar-refractivity contribution in [1.29, 1.82) is 0 Å². The van der Waals surface area contributed by atoms with Crippen molar-refractivity contribution in [3.63, 3.8) is 0 Å². The minimum Gasteiger partial charge on any atom is -0.394 e. The zero-order valence-electron chi connectivity index (χ0n) is 26.0. The summed E-state index contributed by atoms with van der Waals surface area (Å²) in [7, 11) is 0. The number of carbonyl (C=O) groups excluding carboxylic acids is 1. The van der Waals surface area contributed by atoms with Crippen molar-refractivity contribution in [2.75, 3.05) is 13.2 Å². The molecule has 1 aliphatic heterocycles. The third kappa shape index (κ3) is 16.9. The normalized spacial score (nSPS) is 24.6. The molecule has 1 heterocycles. The Bertz CT molecular complexity index is 756. The summed E-state index contributed by atoms with van der Waals surface area (Å²) >= 11 is 0. The van der Waals surface area contributed by atoms with E-state index in [2.05, 4.69) is 43.5 Å². The second kappa shape index (κ2) is 24.8. The van der Waals surface area contributed by atoms with Gasteiger partial charge in [-0.3, -0.25) is 4.79 Å². The highest BCUT2D eigenvalue weighted by Gasteiger charge is 2.44. The molecule has 1 amide bonds. The number of hydrogen-bond acceptors (Lipinski definition) is 8. The van der Waals surface area contributed by atoms with Gasteiger partial charge in [-0.05, 0) is 38.5 Å². The molecule has 0 radical (unpaired) electrons. The fourth-order valence-corrected chi connectivity index (χ4v) is 4.78. The lowest BCUT2D eigenvalue weighted by Crippen LogP contribution is -2.60. The van der Waals surface area contributed by atoms with Gasteiger partial charge in [-0.1, -0.05) is 102 Å². The van der Waals surface area contributed by atoms with E-state index in [0.717, 1.165) is 51.4 Å². The Morgan fingerprint density at radius 1 is 0.810 bits per heavy atom. The Morgan fingerprint density at radius 2 is 1.38 bits per heavy atom. The summed E-state index contributed by atoms with van der Waals surface area (Å²) in [5, 5.41) is 53.5. The number of allylic oxidation sites excluding steroid dienone is 5. The van der Waals surface area contributed by atoms with Crippen LogP contribution in [0.1, 0.15) is 110 Å². The molecule has 1 saturated heterocycles. The number of aliphatic hydroxyl groups is 5. The van der Waals surface area contributed by atoms with E-state index in [1.54, 1.807) is 6.08 Å². The van der Waals surface area contributed by atoms with Crippen LogP contribution in [0.4, 0.5) is 0 Å². The quantitative estimate of drug-likeness (QED) is 0.0716. The number of hydrogen-bond donors (Lipinski definition) is 6. The number of aliphatic hydroxyl groups excluding tert-OH is 5. The van der Waals surface area contributed by atoms with Crippen LogP contribution in [0.25, 0.3) is 0 Å². The fraction of sp³-hybridized carbons (Fsp3) is 0.788. The van der Waals surface area contributed by atoms with Gasteiger partial charge in [0.1, 0.15) is 24.4 Å². The van der Waals surface area contributed by atoms with Crippen molar-refractivity contribution in [1.82, 2.24) is 5.32 Å². The summed E-state index contributed by atoms with van der Waals surface area (Å²) in [6, 6.07) is -0.819. The summed E-state index contributed by atoms with van der Waals surface area (Å²) in [5.74, 6) is -0.201. The molecule has 7 atom stereocenters. The van der Waals surface area contributed by atoms with Crippen molar-refractivity contribution in [3.8, 4) is 0 Å². The lowest BCUT2D eigenvalue weighted by Gasteiger charge is -2.40. The van der Waals surface area contributed by atoms with Crippen LogP contribution >= 0.6 is 0 Å². The van der Waals surface area contributed by atoms with Gasteiger partial charge in [0.25, 0.3) is 0 Å². The molecule has 42 heavy (non-hydrogen) atoms. The number of nitrogens with one attached hydrogen (secondary N) is 1. The van der Waals surface area contributed by atoms with E-state index >= 15 is 0 Å². The van der Waals surface area contributed by atoms with Crippen LogP contribution in [-0.4, -0.2) is 87.5 Å². The van der Waals surface area contributed by atoms with Gasteiger partial charge in [0.2, 0.25) is 5.91 Å². The van der Waals surface area contributed by atoms with Gasteiger partial charge in [-0.25, -0.2) is 0 Å². The average molecular weight is 598 g/mol. The first-order valence-electron chi connectivity index (χ1n) is 16.2. The highest BCUT2D eigenvalue weighted by Crippen LogP contribution is 2.22. The number of carbonyl (C=O) groups is 1. The standard InChI is InChI=1S/C33H59NO8/c1-3-5-7-9-11-13-15-16-18-20-22-27(36)26(25-41-33-32(40)31(39)30(38)28(24-35)42-33)34-29(37)23-21-19-17-14-12-10-8-6-4-2/h5,7,13,15,20,22,26-28,30-33,35-36,38-40H,3-4,6,8-12,14,16-19,21,23-25H2,1-2H3,(H,34,37)/b7-5+,15-13+,22-20+. The molecule has 0 bridgehead atoms. The number of unbranched alkanes of at least 4 members (excludes halogenated alkanes) is 10. The van der Waals surface area contributed by atoms with Crippen LogP contribution < -0.4 is 5.32 Å². The first kappa shape index (κ1) is 38.4. The zero-order chi connectivity index (χ0) is 31.0. The summed E-state index contributed by atoms with van der Waals surface area (Å²) < 4.78 is 11.1.